The van der Waals surface area contributed by atoms with E-state index in [0.29, 0.717) is 12.5 Å². The van der Waals surface area contributed by atoms with Crippen molar-refractivity contribution in [3.05, 3.63) is 83.4 Å². The standard InChI is InChI=1S/C34H54O4Si2/c1-12-30(38-40(9,10)11)33(4,13-2)23-31(36-25-35-24-27-17-15-14-16-18-27)34(5)26(3)19-20-28-21-22-29(32(28)34)37-39(6,7)8/h12-18,22,26,31H,2,19-21,23-25H2,1,3-11H3/b30-12-/t26-,31+,33+,34+/m0/s1. The fourth-order valence-corrected chi connectivity index (χ4v) is 7.97. The normalized spacial score (nSPS) is 24.2. The minimum atomic E-state index is -1.83. The van der Waals surface area contributed by atoms with Crippen molar-refractivity contribution in [3.8, 4) is 0 Å². The smallest absolute Gasteiger partial charge is 0.242 e. The van der Waals surface area contributed by atoms with E-state index in [1.165, 1.54) is 11.1 Å². The second kappa shape index (κ2) is 13.0. The molecule has 4 nitrogen and oxygen atoms in total. The highest BCUT2D eigenvalue weighted by atomic mass is 28.4. The predicted molar refractivity (Wildman–Crippen MR) is 173 cm³/mol. The zero-order valence-electron chi connectivity index (χ0n) is 26.9. The highest BCUT2D eigenvalue weighted by Gasteiger charge is 2.51. The van der Waals surface area contributed by atoms with Crippen LogP contribution in [0.2, 0.25) is 39.3 Å². The summed E-state index contributed by atoms with van der Waals surface area (Å²) in [5.74, 6) is 2.49. The van der Waals surface area contributed by atoms with E-state index >= 15 is 0 Å². The van der Waals surface area contributed by atoms with Gasteiger partial charge in [-0.2, -0.15) is 0 Å². The van der Waals surface area contributed by atoms with Gasteiger partial charge >= 0.3 is 0 Å². The van der Waals surface area contributed by atoms with Gasteiger partial charge in [0.15, 0.2) is 0 Å². The first kappa shape index (κ1) is 32.6. The van der Waals surface area contributed by atoms with Gasteiger partial charge in [-0.1, -0.05) is 61.9 Å². The largest absolute Gasteiger partial charge is 0.547 e. The molecule has 6 heteroatoms. The van der Waals surface area contributed by atoms with E-state index in [1.807, 2.05) is 18.2 Å². The highest BCUT2D eigenvalue weighted by Crippen LogP contribution is 2.56. The van der Waals surface area contributed by atoms with Crippen molar-refractivity contribution in [3.63, 3.8) is 0 Å². The Bertz CT molecular complexity index is 1110. The Morgan fingerprint density at radius 2 is 1.80 bits per heavy atom. The summed E-state index contributed by atoms with van der Waals surface area (Å²) in [7, 11) is -3.63. The lowest BCUT2D eigenvalue weighted by Gasteiger charge is -2.49. The van der Waals surface area contributed by atoms with Crippen LogP contribution in [-0.4, -0.2) is 29.5 Å². The maximum atomic E-state index is 6.84. The minimum Gasteiger partial charge on any atom is -0.547 e. The summed E-state index contributed by atoms with van der Waals surface area (Å²) in [5.41, 5.74) is 3.40. The summed E-state index contributed by atoms with van der Waals surface area (Å²) in [6.07, 6.45) is 10.4. The Kier molecular flexibility index (Phi) is 10.6. The van der Waals surface area contributed by atoms with Crippen LogP contribution in [0.4, 0.5) is 0 Å². The summed E-state index contributed by atoms with van der Waals surface area (Å²) in [6, 6.07) is 10.3. The molecule has 0 bridgehead atoms. The number of benzene rings is 1. The number of ether oxygens (including phenoxy) is 2. The molecule has 0 unspecified atom stereocenters. The molecule has 2 aliphatic carbocycles. The van der Waals surface area contributed by atoms with Crippen LogP contribution in [0.1, 0.15) is 58.9 Å². The second-order valence-corrected chi connectivity index (χ2v) is 22.8. The number of rotatable bonds is 14. The van der Waals surface area contributed by atoms with Crippen LogP contribution < -0.4 is 0 Å². The lowest BCUT2D eigenvalue weighted by Crippen LogP contribution is -2.47. The molecule has 0 N–H and O–H groups in total. The third kappa shape index (κ3) is 7.90. The molecule has 0 spiro atoms. The third-order valence-electron chi connectivity index (χ3n) is 8.43. The van der Waals surface area contributed by atoms with Crippen LogP contribution in [0.25, 0.3) is 0 Å². The van der Waals surface area contributed by atoms with E-state index in [0.717, 1.165) is 42.8 Å². The molecular weight excluding hydrogens is 529 g/mol. The number of hydrogen-bond donors (Lipinski definition) is 0. The van der Waals surface area contributed by atoms with E-state index in [4.69, 9.17) is 18.3 Å². The number of hydrogen-bond acceptors (Lipinski definition) is 4. The van der Waals surface area contributed by atoms with Crippen molar-refractivity contribution in [1.29, 1.82) is 0 Å². The fourth-order valence-electron chi connectivity index (χ4n) is 6.12. The van der Waals surface area contributed by atoms with E-state index in [1.54, 1.807) is 0 Å². The summed E-state index contributed by atoms with van der Waals surface area (Å²) in [5, 5.41) is 0. The first-order valence-corrected chi connectivity index (χ1v) is 21.8. The highest BCUT2D eigenvalue weighted by molar-refractivity contribution is 6.70. The van der Waals surface area contributed by atoms with Gasteiger partial charge in [0.05, 0.1) is 18.5 Å². The third-order valence-corrected chi connectivity index (χ3v) is 10.1. The summed E-state index contributed by atoms with van der Waals surface area (Å²) >= 11 is 0. The van der Waals surface area contributed by atoms with Gasteiger partial charge in [-0.15, -0.1) is 6.58 Å². The number of allylic oxidation sites excluding steroid dienone is 5. The van der Waals surface area contributed by atoms with E-state index in [9.17, 15) is 0 Å². The van der Waals surface area contributed by atoms with Gasteiger partial charge < -0.3 is 18.3 Å². The summed E-state index contributed by atoms with van der Waals surface area (Å²) in [4.78, 5) is 0. The fraction of sp³-hybridized carbons (Fsp3) is 0.588. The zero-order chi connectivity index (χ0) is 29.8. The lowest BCUT2D eigenvalue weighted by atomic mass is 9.59. The van der Waals surface area contributed by atoms with Gasteiger partial charge in [-0.25, -0.2) is 0 Å². The molecule has 0 saturated carbocycles. The maximum Gasteiger partial charge on any atom is 0.242 e. The Labute approximate surface area is 246 Å². The molecular formula is C34H54O4Si2. The Balaban J connectivity index is 1.99. The van der Waals surface area contributed by atoms with Crippen molar-refractivity contribution < 1.29 is 18.3 Å². The van der Waals surface area contributed by atoms with E-state index in [-0.39, 0.29) is 23.7 Å². The predicted octanol–water partition coefficient (Wildman–Crippen LogP) is 9.76. The lowest BCUT2D eigenvalue weighted by molar-refractivity contribution is -0.145. The molecule has 2 aliphatic rings. The Hall–Kier alpha value is -1.87. The minimum absolute atomic E-state index is 0.126. The topological polar surface area (TPSA) is 36.9 Å². The molecule has 0 aliphatic heterocycles. The van der Waals surface area contributed by atoms with Crippen LogP contribution in [0.15, 0.2) is 77.8 Å². The molecule has 0 saturated heterocycles. The molecule has 40 heavy (non-hydrogen) atoms. The molecule has 1 aromatic carbocycles. The van der Waals surface area contributed by atoms with Gasteiger partial charge in [0.25, 0.3) is 0 Å². The molecule has 3 rings (SSSR count). The second-order valence-electron chi connectivity index (χ2n) is 14.0. The maximum absolute atomic E-state index is 6.84. The quantitative estimate of drug-likeness (QED) is 0.0719. The van der Waals surface area contributed by atoms with Gasteiger partial charge in [0.2, 0.25) is 16.6 Å². The molecule has 222 valence electrons. The average molecular weight is 583 g/mol. The SMILES string of the molecule is C=C[C@](C)(C[C@@H](OCOCc1ccccc1)[C@]1(C)C2=C(CC=C2O[Si](C)(C)C)CC[C@@H]1C)/C(=C/C)O[Si](C)(C)C. The van der Waals surface area contributed by atoms with Gasteiger partial charge in [0.1, 0.15) is 12.6 Å². The average Bonchev–Trinajstić information content (AvgIpc) is 3.28. The van der Waals surface area contributed by atoms with Crippen molar-refractivity contribution in [2.24, 2.45) is 16.7 Å². The van der Waals surface area contributed by atoms with Gasteiger partial charge in [0, 0.05) is 16.4 Å². The molecule has 0 radical (unpaired) electrons. The molecule has 0 amide bonds. The van der Waals surface area contributed by atoms with E-state index in [2.05, 4.69) is 104 Å². The first-order chi connectivity index (χ1) is 18.6. The van der Waals surface area contributed by atoms with Crippen LogP contribution >= 0.6 is 0 Å². The Morgan fingerprint density at radius 1 is 1.12 bits per heavy atom. The van der Waals surface area contributed by atoms with E-state index < -0.39 is 16.6 Å². The molecule has 0 aromatic heterocycles. The van der Waals surface area contributed by atoms with Crippen LogP contribution in [0, 0.1) is 16.7 Å². The Morgan fingerprint density at radius 3 is 2.38 bits per heavy atom. The summed E-state index contributed by atoms with van der Waals surface area (Å²) in [6.45, 7) is 27.6. The van der Waals surface area contributed by atoms with Gasteiger partial charge in [-0.3, -0.25) is 0 Å². The van der Waals surface area contributed by atoms with Crippen LogP contribution in [0.5, 0.6) is 0 Å². The van der Waals surface area contributed by atoms with Crippen LogP contribution in [0.3, 0.4) is 0 Å². The summed E-state index contributed by atoms with van der Waals surface area (Å²) < 4.78 is 26.3. The van der Waals surface area contributed by atoms with Crippen molar-refractivity contribution in [2.75, 3.05) is 6.79 Å². The van der Waals surface area contributed by atoms with Crippen molar-refractivity contribution in [1.82, 2.24) is 0 Å². The molecule has 1 aromatic rings. The molecule has 0 fully saturated rings. The monoisotopic (exact) mass is 582 g/mol. The van der Waals surface area contributed by atoms with Crippen LogP contribution in [-0.2, 0) is 24.9 Å². The zero-order valence-corrected chi connectivity index (χ0v) is 28.9. The molecule has 4 atom stereocenters. The molecule has 0 heterocycles. The first-order valence-electron chi connectivity index (χ1n) is 15.0. The van der Waals surface area contributed by atoms with Crippen molar-refractivity contribution >= 4 is 16.6 Å². The van der Waals surface area contributed by atoms with Crippen molar-refractivity contribution in [2.45, 2.75) is 105 Å². The van der Waals surface area contributed by atoms with Gasteiger partial charge in [-0.05, 0) is 96.4 Å².